The van der Waals surface area contributed by atoms with Crippen LogP contribution in [-0.2, 0) is 13.1 Å². The summed E-state index contributed by atoms with van der Waals surface area (Å²) in [5, 5.41) is 0. The number of hydrogen-bond acceptors (Lipinski definition) is 3. The highest BCUT2D eigenvalue weighted by Gasteiger charge is 2.25. The van der Waals surface area contributed by atoms with Crippen molar-refractivity contribution in [2.45, 2.75) is 20.0 Å². The van der Waals surface area contributed by atoms with Crippen LogP contribution in [0, 0.1) is 6.92 Å². The molecule has 0 saturated carbocycles. The van der Waals surface area contributed by atoms with Gasteiger partial charge in [0.1, 0.15) is 0 Å². The van der Waals surface area contributed by atoms with Gasteiger partial charge in [-0.05, 0) is 19.5 Å². The van der Waals surface area contributed by atoms with Crippen molar-refractivity contribution in [3.05, 3.63) is 41.6 Å². The topological polar surface area (TPSA) is 37.4 Å². The Morgan fingerprint density at radius 2 is 1.95 bits per heavy atom. The minimum absolute atomic E-state index is 0.659. The van der Waals surface area contributed by atoms with Crippen molar-refractivity contribution in [1.29, 1.82) is 0 Å². The molecule has 0 amide bonds. The molecule has 2 heterocycles. The molecule has 2 aromatic rings. The van der Waals surface area contributed by atoms with Gasteiger partial charge in [0, 0.05) is 44.0 Å². The third-order valence-corrected chi connectivity index (χ3v) is 4.22. The van der Waals surface area contributed by atoms with Gasteiger partial charge in [0.2, 0.25) is 0 Å². The predicted octanol–water partition coefficient (Wildman–Crippen LogP) is 2.26. The number of nitrogens with two attached hydrogens (primary N) is 1. The maximum atomic E-state index is 5.82. The molecule has 0 unspecified atom stereocenters. The maximum absolute atomic E-state index is 5.82. The van der Waals surface area contributed by atoms with Crippen LogP contribution in [0.15, 0.2) is 30.5 Å². The first-order chi connectivity index (χ1) is 10.1. The normalized spacial score (nSPS) is 15.3. The smallest absolute Gasteiger partial charge is 0.0704 e. The molecule has 0 fully saturated rings. The molecular weight excluding hydrogens is 260 g/mol. The van der Waals surface area contributed by atoms with Gasteiger partial charge < -0.3 is 15.2 Å². The lowest BCUT2D eigenvalue weighted by molar-refractivity contribution is 0.317. The number of anilines is 1. The maximum Gasteiger partial charge on any atom is 0.0704 e. The van der Waals surface area contributed by atoms with Gasteiger partial charge in [-0.25, -0.2) is 0 Å². The van der Waals surface area contributed by atoms with Crippen LogP contribution in [-0.4, -0.2) is 36.8 Å². The minimum Gasteiger partial charge on any atom is -0.360 e. The molecule has 112 valence electrons. The molecule has 1 aliphatic heterocycles. The number of nitrogens with zero attached hydrogens (tertiary/aromatic N) is 3. The Kier molecular flexibility index (Phi) is 3.74. The molecule has 21 heavy (non-hydrogen) atoms. The number of rotatable bonds is 3. The Labute approximate surface area is 126 Å². The minimum atomic E-state index is 0.659. The van der Waals surface area contributed by atoms with Crippen molar-refractivity contribution in [2.75, 3.05) is 32.2 Å². The Balaban J connectivity index is 2.20. The van der Waals surface area contributed by atoms with Crippen LogP contribution in [0.25, 0.3) is 11.3 Å². The number of fused-ring (bicyclic) bond motifs is 1. The molecule has 2 N–H and O–H groups in total. The Bertz CT molecular complexity index is 644. The van der Waals surface area contributed by atoms with Gasteiger partial charge in [-0.15, -0.1) is 0 Å². The van der Waals surface area contributed by atoms with Gasteiger partial charge in [-0.3, -0.25) is 4.90 Å². The molecule has 1 aliphatic rings. The van der Waals surface area contributed by atoms with Gasteiger partial charge in [0.25, 0.3) is 0 Å². The van der Waals surface area contributed by atoms with Gasteiger partial charge in [-0.1, -0.05) is 24.3 Å². The van der Waals surface area contributed by atoms with Crippen LogP contribution in [0.5, 0.6) is 0 Å². The fraction of sp³-hybridized carbons (Fsp3) is 0.412. The van der Waals surface area contributed by atoms with Crippen molar-refractivity contribution in [3.63, 3.8) is 0 Å². The highest BCUT2D eigenvalue weighted by atomic mass is 15.3. The monoisotopic (exact) mass is 284 g/mol. The quantitative estimate of drug-likeness (QED) is 0.939. The first-order valence-electron chi connectivity index (χ1n) is 7.49. The molecule has 0 atom stereocenters. The fourth-order valence-electron chi connectivity index (χ4n) is 3.30. The summed E-state index contributed by atoms with van der Waals surface area (Å²) in [4.78, 5) is 4.66. The molecule has 1 aromatic carbocycles. The van der Waals surface area contributed by atoms with Crippen molar-refractivity contribution >= 4 is 5.69 Å². The van der Waals surface area contributed by atoms with E-state index in [4.69, 9.17) is 5.73 Å². The summed E-state index contributed by atoms with van der Waals surface area (Å²) in [5.41, 5.74) is 12.5. The van der Waals surface area contributed by atoms with E-state index in [2.05, 4.69) is 65.8 Å². The van der Waals surface area contributed by atoms with E-state index in [0.717, 1.165) is 19.8 Å². The van der Waals surface area contributed by atoms with E-state index in [1.54, 1.807) is 0 Å². The zero-order chi connectivity index (χ0) is 15.0. The lowest BCUT2D eigenvalue weighted by atomic mass is 10.0. The van der Waals surface area contributed by atoms with Crippen molar-refractivity contribution in [1.82, 2.24) is 9.47 Å². The van der Waals surface area contributed by atoms with E-state index in [1.165, 1.54) is 28.1 Å². The Hall–Kier alpha value is -1.78. The predicted molar refractivity (Wildman–Crippen MR) is 88.4 cm³/mol. The molecule has 0 spiro atoms. The summed E-state index contributed by atoms with van der Waals surface area (Å²) in [7, 11) is 4.32. The molecule has 0 aliphatic carbocycles. The highest BCUT2D eigenvalue weighted by molar-refractivity contribution is 5.75. The van der Waals surface area contributed by atoms with E-state index >= 15 is 0 Å². The van der Waals surface area contributed by atoms with Crippen LogP contribution in [0.1, 0.15) is 11.1 Å². The summed E-state index contributed by atoms with van der Waals surface area (Å²) < 4.78 is 2.32. The zero-order valence-electron chi connectivity index (χ0n) is 13.1. The molecule has 4 heteroatoms. The lowest BCUT2D eigenvalue weighted by Crippen LogP contribution is -2.37. The summed E-state index contributed by atoms with van der Waals surface area (Å²) in [5.74, 6) is 0. The Morgan fingerprint density at radius 1 is 1.19 bits per heavy atom. The van der Waals surface area contributed by atoms with E-state index in [9.17, 15) is 0 Å². The van der Waals surface area contributed by atoms with Crippen molar-refractivity contribution < 1.29 is 0 Å². The van der Waals surface area contributed by atoms with Gasteiger partial charge in [0.05, 0.1) is 18.1 Å². The third kappa shape index (κ3) is 2.45. The largest absolute Gasteiger partial charge is 0.360 e. The van der Waals surface area contributed by atoms with Crippen LogP contribution >= 0.6 is 0 Å². The molecule has 4 nitrogen and oxygen atoms in total. The second-order valence-electron chi connectivity index (χ2n) is 5.99. The number of benzene rings is 1. The van der Waals surface area contributed by atoms with Crippen LogP contribution in [0.4, 0.5) is 5.69 Å². The molecule has 0 radical (unpaired) electrons. The molecule has 1 aromatic heterocycles. The molecule has 3 rings (SSSR count). The first-order valence-corrected chi connectivity index (χ1v) is 7.49. The van der Waals surface area contributed by atoms with Crippen LogP contribution in [0.2, 0.25) is 0 Å². The van der Waals surface area contributed by atoms with Gasteiger partial charge in [0.15, 0.2) is 0 Å². The van der Waals surface area contributed by atoms with Crippen molar-refractivity contribution in [2.24, 2.45) is 5.73 Å². The highest BCUT2D eigenvalue weighted by Crippen LogP contribution is 2.37. The number of aromatic nitrogens is 1. The Morgan fingerprint density at radius 3 is 2.67 bits per heavy atom. The average Bonchev–Trinajstić information content (AvgIpc) is 2.78. The zero-order valence-corrected chi connectivity index (χ0v) is 13.1. The summed E-state index contributed by atoms with van der Waals surface area (Å²) in [6, 6.07) is 8.61. The standard InChI is InChI=1S/C17H24N4/c1-13-6-4-5-7-14(13)17-15-10-19(2)12-20(3)16(15)11-21(17)9-8-18/h4-7,11H,8-10,12,18H2,1-3H3. The van der Waals surface area contributed by atoms with Gasteiger partial charge >= 0.3 is 0 Å². The summed E-state index contributed by atoms with van der Waals surface area (Å²) >= 11 is 0. The van der Waals surface area contributed by atoms with Crippen LogP contribution in [0.3, 0.4) is 0 Å². The molecule has 0 saturated heterocycles. The van der Waals surface area contributed by atoms with E-state index < -0.39 is 0 Å². The third-order valence-electron chi connectivity index (χ3n) is 4.22. The van der Waals surface area contributed by atoms with E-state index in [1.807, 2.05) is 0 Å². The average molecular weight is 284 g/mol. The second kappa shape index (κ2) is 5.54. The molecular formula is C17H24N4. The van der Waals surface area contributed by atoms with Crippen molar-refractivity contribution in [3.8, 4) is 11.3 Å². The molecule has 0 bridgehead atoms. The SMILES string of the molecule is Cc1ccccc1-c1c2c(cn1CCN)N(C)CN(C)C2. The van der Waals surface area contributed by atoms with Crippen LogP contribution < -0.4 is 10.6 Å². The van der Waals surface area contributed by atoms with E-state index in [0.29, 0.717) is 6.54 Å². The summed E-state index contributed by atoms with van der Waals surface area (Å²) in [6.45, 7) is 5.64. The second-order valence-corrected chi connectivity index (χ2v) is 5.99. The summed E-state index contributed by atoms with van der Waals surface area (Å²) in [6.07, 6.45) is 2.26. The fourth-order valence-corrected chi connectivity index (χ4v) is 3.30. The lowest BCUT2D eigenvalue weighted by Gasteiger charge is -2.32. The first kappa shape index (κ1) is 14.2. The number of aryl methyl sites for hydroxylation is 1. The van der Waals surface area contributed by atoms with Gasteiger partial charge in [-0.2, -0.15) is 0 Å². The number of hydrogen-bond donors (Lipinski definition) is 1. The van der Waals surface area contributed by atoms with E-state index in [-0.39, 0.29) is 0 Å².